The van der Waals surface area contributed by atoms with Crippen molar-refractivity contribution in [3.8, 4) is 5.69 Å². The second kappa shape index (κ2) is 8.42. The van der Waals surface area contributed by atoms with Crippen LogP contribution in [0.1, 0.15) is 19.5 Å². The fourth-order valence-corrected chi connectivity index (χ4v) is 4.24. The molecule has 2 amide bonds. The third kappa shape index (κ3) is 4.45. The van der Waals surface area contributed by atoms with Gasteiger partial charge in [0.1, 0.15) is 11.8 Å². The second-order valence-electron chi connectivity index (χ2n) is 7.20. The van der Waals surface area contributed by atoms with Crippen molar-refractivity contribution in [2.75, 3.05) is 23.7 Å². The molecule has 0 spiro atoms. The predicted octanol–water partition coefficient (Wildman–Crippen LogP) is 1.94. The number of halogens is 1. The molecule has 158 valence electrons. The zero-order valence-electron chi connectivity index (χ0n) is 16.5. The lowest BCUT2D eigenvalue weighted by molar-refractivity contribution is -0.119. The summed E-state index contributed by atoms with van der Waals surface area (Å²) < 4.78 is 21.4. The van der Waals surface area contributed by atoms with Gasteiger partial charge in [0.25, 0.3) is 0 Å². The second-order valence-corrected chi connectivity index (χ2v) is 8.30. The minimum absolute atomic E-state index is 0.208. The molecule has 30 heavy (non-hydrogen) atoms. The van der Waals surface area contributed by atoms with Crippen LogP contribution in [0, 0.1) is 5.82 Å². The monoisotopic (exact) mass is 432 g/mol. The molecule has 1 fully saturated rings. The van der Waals surface area contributed by atoms with Crippen LogP contribution in [-0.4, -0.2) is 63.0 Å². The molecule has 0 saturated carbocycles. The van der Waals surface area contributed by atoms with Crippen LogP contribution in [0.25, 0.3) is 5.69 Å². The van der Waals surface area contributed by atoms with Crippen molar-refractivity contribution in [3.63, 3.8) is 0 Å². The Morgan fingerprint density at radius 2 is 2.27 bits per heavy atom. The topological polar surface area (TPSA) is 102 Å². The van der Waals surface area contributed by atoms with Crippen molar-refractivity contribution in [1.82, 2.24) is 20.3 Å². The molecule has 2 aliphatic heterocycles. The fourth-order valence-electron chi connectivity index (χ4n) is 3.23. The van der Waals surface area contributed by atoms with E-state index < -0.39 is 18.0 Å². The number of cyclic esters (lactones) is 1. The zero-order chi connectivity index (χ0) is 21.3. The first-order valence-electron chi connectivity index (χ1n) is 9.52. The van der Waals surface area contributed by atoms with Crippen LogP contribution in [-0.2, 0) is 16.0 Å². The zero-order valence-corrected chi connectivity index (χ0v) is 17.4. The minimum atomic E-state index is -0.579. The largest absolute Gasteiger partial charge is 0.442 e. The normalized spacial score (nSPS) is 21.0. The van der Waals surface area contributed by atoms with Crippen LogP contribution < -0.4 is 10.2 Å². The van der Waals surface area contributed by atoms with Gasteiger partial charge in [0.2, 0.25) is 5.91 Å². The number of aromatic nitrogens is 3. The van der Waals surface area contributed by atoms with Crippen LogP contribution in [0.4, 0.5) is 14.9 Å². The van der Waals surface area contributed by atoms with Gasteiger partial charge in [-0.15, -0.1) is 16.9 Å². The molecule has 4 rings (SSSR count). The lowest BCUT2D eigenvalue weighted by atomic mass is 10.2. The molecule has 1 N–H and O–H groups in total. The number of carbonyl (C=O) groups excluding carboxylic acids is 2. The SMILES string of the molecule is CC(=O)NC[C@H]1CN(c2ccc(-n3cc(CC4=NC(C)CS4)nn3)c(F)c2)C(=O)O1. The Morgan fingerprint density at radius 3 is 2.97 bits per heavy atom. The molecule has 0 radical (unpaired) electrons. The van der Waals surface area contributed by atoms with Crippen molar-refractivity contribution in [1.29, 1.82) is 0 Å². The Labute approximate surface area is 176 Å². The molecular weight excluding hydrogens is 411 g/mol. The van der Waals surface area contributed by atoms with Gasteiger partial charge >= 0.3 is 6.09 Å². The van der Waals surface area contributed by atoms with Crippen LogP contribution >= 0.6 is 11.8 Å². The smallest absolute Gasteiger partial charge is 0.414 e. The van der Waals surface area contributed by atoms with Gasteiger partial charge in [0.15, 0.2) is 5.82 Å². The van der Waals surface area contributed by atoms with Crippen LogP contribution in [0.2, 0.25) is 0 Å². The summed E-state index contributed by atoms with van der Waals surface area (Å²) in [6.45, 7) is 3.89. The van der Waals surface area contributed by atoms with Crippen LogP contribution in [0.3, 0.4) is 0 Å². The van der Waals surface area contributed by atoms with E-state index in [9.17, 15) is 14.0 Å². The first kappa shape index (κ1) is 20.3. The number of nitrogens with zero attached hydrogens (tertiary/aromatic N) is 5. The molecule has 2 aromatic rings. The highest BCUT2D eigenvalue weighted by atomic mass is 32.2. The van der Waals surface area contributed by atoms with E-state index >= 15 is 0 Å². The van der Waals surface area contributed by atoms with Crippen LogP contribution in [0.5, 0.6) is 0 Å². The molecule has 1 aromatic heterocycles. The Kier molecular flexibility index (Phi) is 5.71. The summed E-state index contributed by atoms with van der Waals surface area (Å²) in [6.07, 6.45) is 1.19. The molecular formula is C19H21FN6O3S. The highest BCUT2D eigenvalue weighted by Gasteiger charge is 2.32. The predicted molar refractivity (Wildman–Crippen MR) is 111 cm³/mol. The maximum absolute atomic E-state index is 14.8. The van der Waals surface area contributed by atoms with Gasteiger partial charge in [-0.3, -0.25) is 14.7 Å². The summed E-state index contributed by atoms with van der Waals surface area (Å²) in [5.41, 5.74) is 1.31. The number of carbonyl (C=O) groups is 2. The summed E-state index contributed by atoms with van der Waals surface area (Å²) in [5.74, 6) is 0.216. The van der Waals surface area contributed by atoms with E-state index in [1.54, 1.807) is 30.1 Å². The van der Waals surface area contributed by atoms with Crippen molar-refractivity contribution in [2.45, 2.75) is 32.4 Å². The Morgan fingerprint density at radius 1 is 1.43 bits per heavy atom. The van der Waals surface area contributed by atoms with Gasteiger partial charge in [-0.05, 0) is 25.1 Å². The summed E-state index contributed by atoms with van der Waals surface area (Å²) in [5, 5.41) is 11.7. The molecule has 2 atom stereocenters. The van der Waals surface area contributed by atoms with E-state index in [0.29, 0.717) is 23.8 Å². The summed E-state index contributed by atoms with van der Waals surface area (Å²) >= 11 is 1.70. The summed E-state index contributed by atoms with van der Waals surface area (Å²) in [7, 11) is 0. The minimum Gasteiger partial charge on any atom is -0.442 e. The molecule has 3 heterocycles. The maximum atomic E-state index is 14.8. The lowest BCUT2D eigenvalue weighted by Gasteiger charge is -2.14. The molecule has 9 nitrogen and oxygen atoms in total. The molecule has 11 heteroatoms. The fraction of sp³-hybridized carbons (Fsp3) is 0.421. The number of rotatable bonds is 6. The Balaban J connectivity index is 1.45. The summed E-state index contributed by atoms with van der Waals surface area (Å²) in [6, 6.07) is 4.74. The maximum Gasteiger partial charge on any atom is 0.414 e. The number of thioether (sulfide) groups is 1. The third-order valence-corrected chi connectivity index (χ3v) is 5.90. The average Bonchev–Trinajstić information content (AvgIpc) is 3.41. The number of hydrogen-bond acceptors (Lipinski definition) is 7. The number of aliphatic imine (C=N–C) groups is 1. The lowest BCUT2D eigenvalue weighted by Crippen LogP contribution is -2.33. The first-order chi connectivity index (χ1) is 14.4. The Bertz CT molecular complexity index is 1010. The van der Waals surface area contributed by atoms with Gasteiger partial charge in [-0.2, -0.15) is 0 Å². The van der Waals surface area contributed by atoms with E-state index in [1.165, 1.54) is 22.6 Å². The van der Waals surface area contributed by atoms with E-state index in [2.05, 4.69) is 27.5 Å². The molecule has 1 unspecified atom stereocenters. The first-order valence-corrected chi connectivity index (χ1v) is 10.5. The number of hydrogen-bond donors (Lipinski definition) is 1. The number of ether oxygens (including phenoxy) is 1. The quantitative estimate of drug-likeness (QED) is 0.749. The van der Waals surface area contributed by atoms with Crippen molar-refractivity contribution in [3.05, 3.63) is 35.9 Å². The highest BCUT2D eigenvalue weighted by molar-refractivity contribution is 8.14. The molecule has 0 aliphatic carbocycles. The molecule has 2 aliphatic rings. The highest BCUT2D eigenvalue weighted by Crippen LogP contribution is 2.26. The number of anilines is 1. The molecule has 1 saturated heterocycles. The molecule has 1 aromatic carbocycles. The number of amides is 2. The molecule has 0 bridgehead atoms. The number of nitrogens with one attached hydrogen (secondary N) is 1. The van der Waals surface area contributed by atoms with Crippen molar-refractivity contribution < 1.29 is 18.7 Å². The van der Waals surface area contributed by atoms with Gasteiger partial charge in [-0.1, -0.05) is 5.21 Å². The van der Waals surface area contributed by atoms with Crippen LogP contribution in [0.15, 0.2) is 29.4 Å². The average molecular weight is 432 g/mol. The van der Waals surface area contributed by atoms with Gasteiger partial charge in [0.05, 0.1) is 41.8 Å². The standard InChI is InChI=1S/C19H21FN6O3S/c1-11-10-30-18(22-11)5-13-8-26(24-23-13)17-4-3-14(6-16(17)20)25-9-15(29-19(25)28)7-21-12(2)27/h3-4,6,8,11,15H,5,7,9-10H2,1-2H3,(H,21,27)/t11?,15-/m0/s1. The van der Waals surface area contributed by atoms with Crippen molar-refractivity contribution in [2.24, 2.45) is 4.99 Å². The number of benzene rings is 1. The van der Waals surface area contributed by atoms with Gasteiger partial charge < -0.3 is 10.1 Å². The van der Waals surface area contributed by atoms with E-state index in [0.717, 1.165) is 10.8 Å². The van der Waals surface area contributed by atoms with E-state index in [1.807, 2.05) is 0 Å². The van der Waals surface area contributed by atoms with Gasteiger partial charge in [-0.25, -0.2) is 13.9 Å². The Hall–Kier alpha value is -2.95. The van der Waals surface area contributed by atoms with E-state index in [4.69, 9.17) is 4.74 Å². The van der Waals surface area contributed by atoms with E-state index in [-0.39, 0.29) is 24.7 Å². The van der Waals surface area contributed by atoms with Gasteiger partial charge in [0, 0.05) is 19.1 Å². The third-order valence-electron chi connectivity index (χ3n) is 4.67. The van der Waals surface area contributed by atoms with Crippen molar-refractivity contribution >= 4 is 34.5 Å². The summed E-state index contributed by atoms with van der Waals surface area (Å²) in [4.78, 5) is 29.0.